The van der Waals surface area contributed by atoms with Crippen molar-refractivity contribution in [1.29, 1.82) is 0 Å². The van der Waals surface area contributed by atoms with Crippen LogP contribution in [-0.2, 0) is 19.4 Å². The van der Waals surface area contributed by atoms with Crippen molar-refractivity contribution in [1.82, 2.24) is 4.90 Å². The van der Waals surface area contributed by atoms with E-state index in [0.29, 0.717) is 6.61 Å². The molecular formula is C37H45NO3. The number of hydrogen-bond donors (Lipinski definition) is 1. The molecule has 1 aliphatic carbocycles. The largest absolute Gasteiger partial charge is 0.488 e. The average molecular weight is 552 g/mol. The van der Waals surface area contributed by atoms with Gasteiger partial charge in [0.1, 0.15) is 23.9 Å². The molecule has 0 radical (unpaired) electrons. The first-order valence-electron chi connectivity index (χ1n) is 15.1. The molecule has 1 N–H and O–H groups in total. The van der Waals surface area contributed by atoms with Gasteiger partial charge in [-0.25, -0.2) is 0 Å². The second kappa shape index (κ2) is 14.9. The first kappa shape index (κ1) is 30.4. The molecule has 216 valence electrons. The van der Waals surface area contributed by atoms with Crippen LogP contribution in [0.3, 0.4) is 0 Å². The van der Waals surface area contributed by atoms with Gasteiger partial charge in [-0.05, 0) is 85.1 Å². The zero-order chi connectivity index (χ0) is 29.2. The topological polar surface area (TPSA) is 41.9 Å². The number of fused-ring (bicyclic) bond motifs is 1. The Balaban J connectivity index is 0.00000189. The summed E-state index contributed by atoms with van der Waals surface area (Å²) in [5.41, 5.74) is 8.49. The van der Waals surface area contributed by atoms with Crippen molar-refractivity contribution in [2.45, 2.75) is 66.0 Å². The fourth-order valence-corrected chi connectivity index (χ4v) is 5.78. The summed E-state index contributed by atoms with van der Waals surface area (Å²) in [5, 5.41) is 9.79. The van der Waals surface area contributed by atoms with Gasteiger partial charge in [-0.15, -0.1) is 0 Å². The lowest BCUT2D eigenvalue weighted by molar-refractivity contribution is 0.0350. The molecule has 0 amide bonds. The first-order valence-corrected chi connectivity index (χ1v) is 15.1. The van der Waals surface area contributed by atoms with Crippen LogP contribution in [0.5, 0.6) is 17.2 Å². The van der Waals surface area contributed by atoms with Crippen LogP contribution in [0.25, 0.3) is 5.57 Å². The van der Waals surface area contributed by atoms with Crippen LogP contribution in [0.15, 0.2) is 96.6 Å². The number of likely N-dealkylation sites (tertiary alicyclic amines) is 1. The van der Waals surface area contributed by atoms with Crippen molar-refractivity contribution in [2.24, 2.45) is 0 Å². The van der Waals surface area contributed by atoms with E-state index in [2.05, 4.69) is 61.7 Å². The van der Waals surface area contributed by atoms with E-state index in [1.807, 2.05) is 56.3 Å². The van der Waals surface area contributed by atoms with E-state index in [1.165, 1.54) is 33.4 Å². The fraction of sp³-hybridized carbons (Fsp3) is 0.351. The molecule has 1 heterocycles. The van der Waals surface area contributed by atoms with E-state index in [9.17, 15) is 5.11 Å². The predicted octanol–water partition coefficient (Wildman–Crippen LogP) is 8.55. The summed E-state index contributed by atoms with van der Waals surface area (Å²) in [4.78, 5) is 2.36. The van der Waals surface area contributed by atoms with Gasteiger partial charge < -0.3 is 14.6 Å². The minimum atomic E-state index is 0.200. The SMILES string of the molecule is C=C/C(COc1cc(Oc2ccccc2)c(CN2CCC2CO)c2c1CCC2)=C(C)\C(=C/C)c1ccccc1.CC. The van der Waals surface area contributed by atoms with Crippen molar-refractivity contribution in [3.8, 4) is 17.2 Å². The van der Waals surface area contributed by atoms with Crippen LogP contribution < -0.4 is 9.47 Å². The molecule has 1 fully saturated rings. The third-order valence-electron chi connectivity index (χ3n) is 8.14. The molecule has 0 bridgehead atoms. The van der Waals surface area contributed by atoms with Crippen molar-refractivity contribution in [3.63, 3.8) is 0 Å². The van der Waals surface area contributed by atoms with Gasteiger partial charge in [-0.1, -0.05) is 81.1 Å². The van der Waals surface area contributed by atoms with Gasteiger partial charge in [0.25, 0.3) is 0 Å². The van der Waals surface area contributed by atoms with E-state index in [-0.39, 0.29) is 12.6 Å². The Hall–Kier alpha value is -3.60. The molecule has 0 saturated carbocycles. The predicted molar refractivity (Wildman–Crippen MR) is 171 cm³/mol. The van der Waals surface area contributed by atoms with Gasteiger partial charge in [-0.3, -0.25) is 4.90 Å². The van der Waals surface area contributed by atoms with Crippen LogP contribution in [0.4, 0.5) is 0 Å². The summed E-state index contributed by atoms with van der Waals surface area (Å²) < 4.78 is 13.1. The Kier molecular flexibility index (Phi) is 11.0. The number of allylic oxidation sites excluding steroid dienone is 3. The van der Waals surface area contributed by atoms with Gasteiger partial charge in [0.15, 0.2) is 0 Å². The molecule has 2 aliphatic rings. The Morgan fingerprint density at radius 2 is 1.68 bits per heavy atom. The lowest BCUT2D eigenvalue weighted by Crippen LogP contribution is -2.49. The Morgan fingerprint density at radius 1 is 1.00 bits per heavy atom. The highest BCUT2D eigenvalue weighted by Crippen LogP contribution is 2.42. The van der Waals surface area contributed by atoms with Crippen molar-refractivity contribution in [2.75, 3.05) is 19.8 Å². The standard InChI is InChI=1S/C35H39NO3.C2H6/c1-4-26(25(3)30(5-2)27-13-8-6-9-14-27)24-38-34-21-35(39-29-15-10-7-11-16-29)33(31-17-12-18-32(31)34)22-36-20-19-28(36)23-37;1-2/h4-11,13-16,21,28,37H,1,12,17-20,22-24H2,2-3H3;1-2H3/b26-25+,30-5+;. The minimum Gasteiger partial charge on any atom is -0.488 e. The highest BCUT2D eigenvalue weighted by Gasteiger charge is 2.31. The molecule has 1 aliphatic heterocycles. The maximum atomic E-state index is 9.79. The molecular weight excluding hydrogens is 506 g/mol. The van der Waals surface area contributed by atoms with Gasteiger partial charge in [0.2, 0.25) is 0 Å². The Morgan fingerprint density at radius 3 is 2.29 bits per heavy atom. The molecule has 5 rings (SSSR count). The molecule has 1 atom stereocenters. The summed E-state index contributed by atoms with van der Waals surface area (Å²) in [6.07, 6.45) is 8.24. The second-order valence-electron chi connectivity index (χ2n) is 10.4. The van der Waals surface area contributed by atoms with Crippen LogP contribution >= 0.6 is 0 Å². The van der Waals surface area contributed by atoms with Crippen LogP contribution in [0.1, 0.15) is 62.8 Å². The van der Waals surface area contributed by atoms with Crippen LogP contribution in [-0.4, -0.2) is 35.8 Å². The number of aliphatic hydroxyl groups is 1. The second-order valence-corrected chi connectivity index (χ2v) is 10.4. The summed E-state index contributed by atoms with van der Waals surface area (Å²) >= 11 is 0. The summed E-state index contributed by atoms with van der Waals surface area (Å²) in [5.74, 6) is 2.56. The number of benzene rings is 3. The third kappa shape index (κ3) is 7.01. The van der Waals surface area contributed by atoms with Crippen LogP contribution in [0, 0.1) is 0 Å². The summed E-state index contributed by atoms with van der Waals surface area (Å²) in [6.45, 7) is 14.8. The fourth-order valence-electron chi connectivity index (χ4n) is 5.78. The molecule has 3 aromatic carbocycles. The minimum absolute atomic E-state index is 0.200. The zero-order valence-corrected chi connectivity index (χ0v) is 25.2. The maximum Gasteiger partial charge on any atom is 0.135 e. The van der Waals surface area contributed by atoms with Gasteiger partial charge >= 0.3 is 0 Å². The zero-order valence-electron chi connectivity index (χ0n) is 25.2. The monoisotopic (exact) mass is 551 g/mol. The Bertz CT molecular complexity index is 1360. The van der Waals surface area contributed by atoms with Gasteiger partial charge in [0.05, 0.1) is 6.61 Å². The molecule has 0 aromatic heterocycles. The number of ether oxygens (including phenoxy) is 2. The molecule has 41 heavy (non-hydrogen) atoms. The van der Waals surface area contributed by atoms with Gasteiger partial charge in [-0.2, -0.15) is 0 Å². The van der Waals surface area contributed by atoms with E-state index in [1.54, 1.807) is 0 Å². The maximum absolute atomic E-state index is 9.79. The smallest absolute Gasteiger partial charge is 0.135 e. The van der Waals surface area contributed by atoms with Crippen molar-refractivity contribution in [3.05, 3.63) is 119 Å². The molecule has 1 saturated heterocycles. The van der Waals surface area contributed by atoms with Crippen LogP contribution in [0.2, 0.25) is 0 Å². The highest BCUT2D eigenvalue weighted by molar-refractivity contribution is 5.79. The number of para-hydroxylation sites is 1. The van der Waals surface area contributed by atoms with Gasteiger partial charge in [0, 0.05) is 30.8 Å². The summed E-state index contributed by atoms with van der Waals surface area (Å²) in [6, 6.07) is 22.7. The van der Waals surface area contributed by atoms with E-state index >= 15 is 0 Å². The van der Waals surface area contributed by atoms with Crippen molar-refractivity contribution >= 4 is 5.57 Å². The first-order chi connectivity index (χ1) is 20.1. The number of aliphatic hydroxyl groups excluding tert-OH is 1. The molecule has 4 nitrogen and oxygen atoms in total. The van der Waals surface area contributed by atoms with E-state index in [0.717, 1.165) is 61.6 Å². The number of rotatable bonds is 11. The third-order valence-corrected chi connectivity index (χ3v) is 8.14. The Labute approximate surface area is 246 Å². The molecule has 1 unspecified atom stereocenters. The summed E-state index contributed by atoms with van der Waals surface area (Å²) in [7, 11) is 0. The molecule has 0 spiro atoms. The van der Waals surface area contributed by atoms with E-state index < -0.39 is 0 Å². The quantitative estimate of drug-likeness (QED) is 0.243. The normalized spacial score (nSPS) is 17.0. The number of nitrogens with zero attached hydrogens (tertiary/aromatic N) is 1. The average Bonchev–Trinajstić information content (AvgIpc) is 3.49. The lowest BCUT2D eigenvalue weighted by Gasteiger charge is -2.40. The van der Waals surface area contributed by atoms with E-state index in [4.69, 9.17) is 9.47 Å². The number of hydrogen-bond acceptors (Lipinski definition) is 4. The lowest BCUT2D eigenvalue weighted by atomic mass is 9.95. The molecule has 3 aromatic rings. The molecule has 4 heteroatoms. The highest BCUT2D eigenvalue weighted by atomic mass is 16.5. The van der Waals surface area contributed by atoms with Crippen molar-refractivity contribution < 1.29 is 14.6 Å².